The third kappa shape index (κ3) is 3.26. The van der Waals surface area contributed by atoms with Crippen LogP contribution in [0, 0.1) is 5.41 Å². The Morgan fingerprint density at radius 2 is 1.96 bits per heavy atom. The summed E-state index contributed by atoms with van der Waals surface area (Å²) in [5.41, 5.74) is 2.69. The molecule has 0 unspecified atom stereocenters. The van der Waals surface area contributed by atoms with Crippen molar-refractivity contribution in [2.24, 2.45) is 5.41 Å². The van der Waals surface area contributed by atoms with E-state index in [1.54, 1.807) is 11.3 Å². The molecular weight excluding hydrogens is 346 g/mol. The Balaban J connectivity index is 1.63. The van der Waals surface area contributed by atoms with E-state index in [-0.39, 0.29) is 11.5 Å². The van der Waals surface area contributed by atoms with Gasteiger partial charge < -0.3 is 9.84 Å². The van der Waals surface area contributed by atoms with Crippen LogP contribution in [0.2, 0.25) is 0 Å². The van der Waals surface area contributed by atoms with Gasteiger partial charge in [0, 0.05) is 22.8 Å². The number of carboxylic acids is 1. The highest BCUT2D eigenvalue weighted by atomic mass is 32.1. The average Bonchev–Trinajstić information content (AvgIpc) is 2.91. The molecule has 2 aliphatic rings. The number of ether oxygens (including phenoxy) is 1. The Bertz CT molecular complexity index is 832. The number of rotatable bonds is 4. The number of thiophene rings is 1. The monoisotopic (exact) mass is 371 g/mol. The third-order valence-corrected chi connectivity index (χ3v) is 6.78. The average molecular weight is 372 g/mol. The second kappa shape index (κ2) is 6.39. The van der Waals surface area contributed by atoms with E-state index in [4.69, 9.17) is 4.74 Å². The number of likely N-dealkylation sites (N-methyl/N-ethyl adjacent to an activating group) is 1. The van der Waals surface area contributed by atoms with E-state index >= 15 is 0 Å². The first-order valence-corrected chi connectivity index (χ1v) is 9.97. The van der Waals surface area contributed by atoms with E-state index in [1.165, 1.54) is 4.88 Å². The predicted octanol–water partition coefficient (Wildman–Crippen LogP) is 4.32. The Kier molecular flexibility index (Phi) is 4.32. The molecule has 2 heterocycles. The summed E-state index contributed by atoms with van der Waals surface area (Å²) in [7, 11) is 2.08. The molecule has 1 aromatic carbocycles. The van der Waals surface area contributed by atoms with Crippen molar-refractivity contribution in [1.82, 2.24) is 4.90 Å². The number of carboxylic acid groups (broad SMARTS) is 1. The minimum atomic E-state index is -0.812. The van der Waals surface area contributed by atoms with Crippen molar-refractivity contribution in [1.29, 1.82) is 0 Å². The van der Waals surface area contributed by atoms with Crippen molar-refractivity contribution in [2.45, 2.75) is 39.2 Å². The normalized spacial score (nSPS) is 19.7. The van der Waals surface area contributed by atoms with Gasteiger partial charge in [0.2, 0.25) is 0 Å². The number of fused-ring (bicyclic) bond motifs is 1. The van der Waals surface area contributed by atoms with E-state index in [0.29, 0.717) is 5.56 Å². The molecule has 5 heteroatoms. The molecule has 1 N–H and O–H groups in total. The van der Waals surface area contributed by atoms with Gasteiger partial charge in [0.25, 0.3) is 0 Å². The van der Waals surface area contributed by atoms with Crippen molar-refractivity contribution in [3.05, 3.63) is 40.3 Å². The Hall–Kier alpha value is -1.85. The highest BCUT2D eigenvalue weighted by molar-refractivity contribution is 7.16. The standard InChI is InChI=1S/C21H25NO3S/c1-21(2)9-8-17-16(10-21)18(20(23)24)19(26-17)13-4-6-14(7-5-13)25-15-11-22(3)12-15/h4-7,15H,8-12H2,1-3H3,(H,23,24). The fourth-order valence-electron chi connectivity index (χ4n) is 3.94. The van der Waals surface area contributed by atoms with Gasteiger partial charge in [0.15, 0.2) is 0 Å². The minimum Gasteiger partial charge on any atom is -0.488 e. The second-order valence-corrected chi connectivity index (χ2v) is 9.44. The smallest absolute Gasteiger partial charge is 0.337 e. The van der Waals surface area contributed by atoms with Gasteiger partial charge in [-0.15, -0.1) is 11.3 Å². The maximum atomic E-state index is 12.0. The van der Waals surface area contributed by atoms with Gasteiger partial charge >= 0.3 is 5.97 Å². The molecule has 0 radical (unpaired) electrons. The van der Waals surface area contributed by atoms with Gasteiger partial charge in [-0.1, -0.05) is 13.8 Å². The zero-order chi connectivity index (χ0) is 18.5. The molecular formula is C21H25NO3S. The number of hydrogen-bond donors (Lipinski definition) is 1. The molecule has 1 aromatic heterocycles. The van der Waals surface area contributed by atoms with E-state index in [2.05, 4.69) is 25.8 Å². The molecule has 0 spiro atoms. The lowest BCUT2D eigenvalue weighted by atomic mass is 9.76. The minimum absolute atomic E-state index is 0.170. The molecule has 1 fully saturated rings. The van der Waals surface area contributed by atoms with Crippen LogP contribution in [0.5, 0.6) is 5.75 Å². The molecule has 1 saturated heterocycles. The lowest BCUT2D eigenvalue weighted by Crippen LogP contribution is -2.51. The second-order valence-electron chi connectivity index (χ2n) is 8.34. The van der Waals surface area contributed by atoms with Crippen LogP contribution in [0.1, 0.15) is 41.1 Å². The van der Waals surface area contributed by atoms with E-state index in [1.807, 2.05) is 24.3 Å². The maximum absolute atomic E-state index is 12.0. The topological polar surface area (TPSA) is 49.8 Å². The number of benzene rings is 1. The van der Waals surface area contributed by atoms with Crippen LogP contribution >= 0.6 is 11.3 Å². The molecule has 138 valence electrons. The zero-order valence-electron chi connectivity index (χ0n) is 15.5. The van der Waals surface area contributed by atoms with E-state index < -0.39 is 5.97 Å². The maximum Gasteiger partial charge on any atom is 0.337 e. The molecule has 4 rings (SSSR count). The molecule has 0 amide bonds. The quantitative estimate of drug-likeness (QED) is 0.869. The molecule has 1 aliphatic carbocycles. The number of hydrogen-bond acceptors (Lipinski definition) is 4. The Labute approximate surface area is 158 Å². The van der Waals surface area contributed by atoms with Crippen molar-refractivity contribution in [3.8, 4) is 16.2 Å². The van der Waals surface area contributed by atoms with Crippen LogP contribution in [0.4, 0.5) is 0 Å². The van der Waals surface area contributed by atoms with Crippen LogP contribution in [0.25, 0.3) is 10.4 Å². The zero-order valence-corrected chi connectivity index (χ0v) is 16.4. The molecule has 1 aliphatic heterocycles. The van der Waals surface area contributed by atoms with Crippen LogP contribution in [0.15, 0.2) is 24.3 Å². The molecule has 0 saturated carbocycles. The summed E-state index contributed by atoms with van der Waals surface area (Å²) in [4.78, 5) is 16.4. The van der Waals surface area contributed by atoms with E-state index in [9.17, 15) is 9.90 Å². The fourth-order valence-corrected chi connectivity index (χ4v) is 5.26. The lowest BCUT2D eigenvalue weighted by Gasteiger charge is -2.36. The summed E-state index contributed by atoms with van der Waals surface area (Å²) in [5, 5.41) is 9.86. The van der Waals surface area contributed by atoms with E-state index in [0.717, 1.165) is 54.1 Å². The summed E-state index contributed by atoms with van der Waals surface area (Å²) >= 11 is 1.65. The van der Waals surface area contributed by atoms with Crippen molar-refractivity contribution < 1.29 is 14.6 Å². The highest BCUT2D eigenvalue weighted by Gasteiger charge is 2.33. The first-order valence-electron chi connectivity index (χ1n) is 9.16. The van der Waals surface area contributed by atoms with Gasteiger partial charge in [-0.2, -0.15) is 0 Å². The molecule has 0 atom stereocenters. The van der Waals surface area contributed by atoms with Gasteiger partial charge in [-0.25, -0.2) is 4.79 Å². The first-order chi connectivity index (χ1) is 12.3. The molecule has 2 aromatic rings. The number of nitrogens with zero attached hydrogens (tertiary/aromatic N) is 1. The van der Waals surface area contributed by atoms with Crippen LogP contribution in [-0.2, 0) is 12.8 Å². The number of likely N-dealkylation sites (tertiary alicyclic amines) is 1. The van der Waals surface area contributed by atoms with Gasteiger partial charge in [-0.05, 0) is 67.1 Å². The largest absolute Gasteiger partial charge is 0.488 e. The lowest BCUT2D eigenvalue weighted by molar-refractivity contribution is 0.0388. The highest BCUT2D eigenvalue weighted by Crippen LogP contribution is 2.45. The first kappa shape index (κ1) is 17.6. The third-order valence-electron chi connectivity index (χ3n) is 5.44. The Morgan fingerprint density at radius 1 is 1.27 bits per heavy atom. The summed E-state index contributed by atoms with van der Waals surface area (Å²) in [6.45, 7) is 6.36. The SMILES string of the molecule is CN1CC(Oc2ccc(-c3sc4c(c3C(=O)O)CC(C)(C)CC4)cc2)C1. The number of aryl methyl sites for hydroxylation is 1. The summed E-state index contributed by atoms with van der Waals surface area (Å²) < 4.78 is 5.94. The Morgan fingerprint density at radius 3 is 2.58 bits per heavy atom. The van der Waals surface area contributed by atoms with Crippen LogP contribution in [0.3, 0.4) is 0 Å². The summed E-state index contributed by atoms with van der Waals surface area (Å²) in [5.74, 6) is 0.0409. The van der Waals surface area contributed by atoms with Crippen molar-refractivity contribution >= 4 is 17.3 Å². The van der Waals surface area contributed by atoms with Gasteiger partial charge in [0.1, 0.15) is 11.9 Å². The van der Waals surface area contributed by atoms with Crippen LogP contribution < -0.4 is 4.74 Å². The fraction of sp³-hybridized carbons (Fsp3) is 0.476. The van der Waals surface area contributed by atoms with Gasteiger partial charge in [-0.3, -0.25) is 4.90 Å². The number of aromatic carboxylic acids is 1. The summed E-state index contributed by atoms with van der Waals surface area (Å²) in [6.07, 6.45) is 3.19. The molecule has 26 heavy (non-hydrogen) atoms. The van der Waals surface area contributed by atoms with Crippen molar-refractivity contribution in [3.63, 3.8) is 0 Å². The molecule has 4 nitrogen and oxygen atoms in total. The molecule has 0 bridgehead atoms. The predicted molar refractivity (Wildman–Crippen MR) is 104 cm³/mol. The summed E-state index contributed by atoms with van der Waals surface area (Å²) in [6, 6.07) is 7.91. The van der Waals surface area contributed by atoms with Crippen molar-refractivity contribution in [2.75, 3.05) is 20.1 Å². The van der Waals surface area contributed by atoms with Gasteiger partial charge in [0.05, 0.1) is 5.56 Å². The van der Waals surface area contributed by atoms with Crippen LogP contribution in [-0.4, -0.2) is 42.2 Å². The number of carbonyl (C=O) groups is 1.